The van der Waals surface area contributed by atoms with Crippen LogP contribution in [-0.2, 0) is 23.4 Å². The quantitative estimate of drug-likeness (QED) is 0.343. The number of carbonyl (C=O) groups is 1. The van der Waals surface area contributed by atoms with E-state index in [1.54, 1.807) is 6.07 Å². The van der Waals surface area contributed by atoms with Gasteiger partial charge in [-0.3, -0.25) is 10.1 Å². The van der Waals surface area contributed by atoms with Crippen molar-refractivity contribution in [3.63, 3.8) is 0 Å². The minimum absolute atomic E-state index is 0.00155. The summed E-state index contributed by atoms with van der Waals surface area (Å²) in [6.07, 6.45) is -11.5. The first-order valence-electron chi connectivity index (χ1n) is 11.2. The maximum atomic E-state index is 13.1. The average Bonchev–Trinajstić information content (AvgIpc) is 3.27. The summed E-state index contributed by atoms with van der Waals surface area (Å²) >= 11 is 0. The molecule has 37 heavy (non-hydrogen) atoms. The van der Waals surface area contributed by atoms with Gasteiger partial charge in [-0.2, -0.15) is 26.3 Å². The molecule has 11 heteroatoms. The monoisotopic (exact) mass is 524 g/mol. The molecule has 0 aliphatic carbocycles. The largest absolute Gasteiger partial charge is 0.430 e. The summed E-state index contributed by atoms with van der Waals surface area (Å²) in [6.45, 7) is 0.366. The van der Waals surface area contributed by atoms with Crippen LogP contribution in [0.25, 0.3) is 11.1 Å². The van der Waals surface area contributed by atoms with Gasteiger partial charge in [0.25, 0.3) is 5.60 Å². The van der Waals surface area contributed by atoms with E-state index in [9.17, 15) is 41.4 Å². The highest BCUT2D eigenvalue weighted by atomic mass is 19.4. The van der Waals surface area contributed by atoms with Gasteiger partial charge in [-0.15, -0.1) is 0 Å². The van der Waals surface area contributed by atoms with Gasteiger partial charge in [-0.1, -0.05) is 48.5 Å². The number of hydrogen-bond donors (Lipinski definition) is 4. The van der Waals surface area contributed by atoms with E-state index in [-0.39, 0.29) is 12.3 Å². The standard InChI is InChI=1S/C26H22F6N2O3/c27-25(28,29)24(37,26(30,31)32)18-6-8-19(9-7-18)34-23(36)22-21-10-5-16(13-17(21)14-33-22)20-4-2-1-3-15(20)11-12-35/h1-10,13,22,33,35,37H,11-12,14H2,(H,34,36). The minimum Gasteiger partial charge on any atom is -0.396 e. The fourth-order valence-corrected chi connectivity index (χ4v) is 4.40. The van der Waals surface area contributed by atoms with E-state index in [4.69, 9.17) is 0 Å². The molecule has 4 rings (SSSR count). The number of halogens is 6. The van der Waals surface area contributed by atoms with Crippen molar-refractivity contribution < 1.29 is 41.4 Å². The molecule has 0 saturated heterocycles. The second-order valence-corrected chi connectivity index (χ2v) is 8.63. The number of aliphatic hydroxyl groups is 2. The first-order valence-corrected chi connectivity index (χ1v) is 11.2. The van der Waals surface area contributed by atoms with Crippen LogP contribution >= 0.6 is 0 Å². The van der Waals surface area contributed by atoms with E-state index >= 15 is 0 Å². The molecule has 1 amide bonds. The third-order valence-electron chi connectivity index (χ3n) is 6.31. The fourth-order valence-electron chi connectivity index (χ4n) is 4.40. The molecule has 1 unspecified atom stereocenters. The van der Waals surface area contributed by atoms with Crippen LogP contribution in [0.5, 0.6) is 0 Å². The molecule has 3 aromatic rings. The van der Waals surface area contributed by atoms with Crippen molar-refractivity contribution in [2.24, 2.45) is 0 Å². The van der Waals surface area contributed by atoms with Crippen LogP contribution in [0.4, 0.5) is 32.0 Å². The van der Waals surface area contributed by atoms with Gasteiger partial charge in [0.15, 0.2) is 0 Å². The molecule has 1 aliphatic heterocycles. The average molecular weight is 524 g/mol. The Balaban J connectivity index is 1.52. The van der Waals surface area contributed by atoms with E-state index in [1.807, 2.05) is 36.4 Å². The lowest BCUT2D eigenvalue weighted by Gasteiger charge is -2.32. The number of nitrogens with one attached hydrogen (secondary N) is 2. The Morgan fingerprint density at radius 1 is 0.946 bits per heavy atom. The van der Waals surface area contributed by atoms with Gasteiger partial charge in [0.2, 0.25) is 5.91 Å². The number of amides is 1. The van der Waals surface area contributed by atoms with Crippen LogP contribution in [0.15, 0.2) is 66.7 Å². The van der Waals surface area contributed by atoms with Crippen molar-refractivity contribution in [3.05, 3.63) is 89.0 Å². The Hall–Kier alpha value is -3.41. The highest BCUT2D eigenvalue weighted by molar-refractivity contribution is 5.96. The molecular weight excluding hydrogens is 502 g/mol. The molecule has 196 valence electrons. The van der Waals surface area contributed by atoms with Crippen LogP contribution in [0.1, 0.15) is 28.3 Å². The van der Waals surface area contributed by atoms with Gasteiger partial charge >= 0.3 is 12.4 Å². The van der Waals surface area contributed by atoms with Gasteiger partial charge in [0, 0.05) is 24.4 Å². The number of carbonyl (C=O) groups excluding carboxylic acids is 1. The number of hydrogen-bond acceptors (Lipinski definition) is 4. The number of benzene rings is 3. The smallest absolute Gasteiger partial charge is 0.396 e. The summed E-state index contributed by atoms with van der Waals surface area (Å²) in [5.41, 5.74) is -2.13. The number of rotatable bonds is 6. The van der Waals surface area contributed by atoms with E-state index in [1.165, 1.54) is 0 Å². The Labute approximate surface area is 207 Å². The first kappa shape index (κ1) is 26.6. The molecule has 3 aromatic carbocycles. The Morgan fingerprint density at radius 3 is 2.22 bits per heavy atom. The van der Waals surface area contributed by atoms with Gasteiger partial charge in [0.05, 0.1) is 0 Å². The van der Waals surface area contributed by atoms with Crippen LogP contribution < -0.4 is 10.6 Å². The van der Waals surface area contributed by atoms with Crippen molar-refractivity contribution in [2.45, 2.75) is 37.0 Å². The van der Waals surface area contributed by atoms with Gasteiger partial charge in [0.1, 0.15) is 6.04 Å². The lowest BCUT2D eigenvalue weighted by atomic mass is 9.92. The summed E-state index contributed by atoms with van der Waals surface area (Å²) in [6, 6.07) is 15.0. The molecule has 0 bridgehead atoms. The number of anilines is 1. The Morgan fingerprint density at radius 2 is 1.59 bits per heavy atom. The van der Waals surface area contributed by atoms with Crippen molar-refractivity contribution in [2.75, 3.05) is 11.9 Å². The molecule has 5 nitrogen and oxygen atoms in total. The normalized spacial score (nSPS) is 15.9. The predicted octanol–water partition coefficient (Wildman–Crippen LogP) is 4.98. The zero-order valence-corrected chi connectivity index (χ0v) is 19.1. The molecule has 0 fully saturated rings. The molecule has 0 saturated carbocycles. The molecule has 0 spiro atoms. The van der Waals surface area contributed by atoms with Gasteiger partial charge in [-0.25, -0.2) is 0 Å². The fraction of sp³-hybridized carbons (Fsp3) is 0.269. The van der Waals surface area contributed by atoms with Crippen molar-refractivity contribution in [1.82, 2.24) is 5.32 Å². The molecule has 0 aromatic heterocycles. The number of aliphatic hydroxyl groups excluding tert-OH is 1. The van der Waals surface area contributed by atoms with Crippen molar-refractivity contribution in [1.29, 1.82) is 0 Å². The molecular formula is C26H22F6N2O3. The lowest BCUT2D eigenvalue weighted by molar-refractivity contribution is -0.376. The zero-order valence-electron chi connectivity index (χ0n) is 19.1. The highest BCUT2D eigenvalue weighted by Gasteiger charge is 2.71. The minimum atomic E-state index is -6.00. The van der Waals surface area contributed by atoms with Gasteiger partial charge < -0.3 is 15.5 Å². The summed E-state index contributed by atoms with van der Waals surface area (Å²) in [7, 11) is 0. The summed E-state index contributed by atoms with van der Waals surface area (Å²) in [4.78, 5) is 12.9. The molecule has 1 heterocycles. The van der Waals surface area contributed by atoms with E-state index in [0.717, 1.165) is 34.4 Å². The Bertz CT molecular complexity index is 1270. The number of alkyl halides is 6. The number of fused-ring (bicyclic) bond motifs is 1. The van der Waals surface area contributed by atoms with Crippen LogP contribution in [0.2, 0.25) is 0 Å². The summed E-state index contributed by atoms with van der Waals surface area (Å²) in [5.74, 6) is -0.554. The topological polar surface area (TPSA) is 81.6 Å². The zero-order chi connectivity index (χ0) is 27.0. The summed E-state index contributed by atoms with van der Waals surface area (Å²) in [5, 5.41) is 24.4. The van der Waals surface area contributed by atoms with Crippen molar-refractivity contribution >= 4 is 11.6 Å². The molecule has 0 radical (unpaired) electrons. The highest BCUT2D eigenvalue weighted by Crippen LogP contribution is 2.50. The first-order chi connectivity index (χ1) is 17.4. The SMILES string of the molecule is O=C(Nc1ccc(C(O)(C(F)(F)F)C(F)(F)F)cc1)C1NCc2cc(-c3ccccc3CCO)ccc21. The van der Waals surface area contributed by atoms with Crippen LogP contribution in [0.3, 0.4) is 0 Å². The second-order valence-electron chi connectivity index (χ2n) is 8.63. The van der Waals surface area contributed by atoms with Crippen LogP contribution in [-0.4, -0.2) is 35.1 Å². The molecule has 4 N–H and O–H groups in total. The molecule has 1 atom stereocenters. The third kappa shape index (κ3) is 4.94. The van der Waals surface area contributed by atoms with Crippen LogP contribution in [0, 0.1) is 0 Å². The Kier molecular flexibility index (Phi) is 7.06. The van der Waals surface area contributed by atoms with Crippen molar-refractivity contribution in [3.8, 4) is 11.1 Å². The molecule has 1 aliphatic rings. The third-order valence-corrected chi connectivity index (χ3v) is 6.31. The lowest BCUT2D eigenvalue weighted by Crippen LogP contribution is -2.53. The maximum Gasteiger partial charge on any atom is 0.430 e. The van der Waals surface area contributed by atoms with E-state index in [0.29, 0.717) is 30.7 Å². The summed E-state index contributed by atoms with van der Waals surface area (Å²) < 4.78 is 78.5. The maximum absolute atomic E-state index is 13.1. The van der Waals surface area contributed by atoms with Gasteiger partial charge in [-0.05, 0) is 52.4 Å². The van der Waals surface area contributed by atoms with E-state index < -0.39 is 35.5 Å². The van der Waals surface area contributed by atoms with E-state index in [2.05, 4.69) is 10.6 Å². The predicted molar refractivity (Wildman–Crippen MR) is 123 cm³/mol. The second kappa shape index (κ2) is 9.81.